The summed E-state index contributed by atoms with van der Waals surface area (Å²) in [5.74, 6) is 1.32. The summed E-state index contributed by atoms with van der Waals surface area (Å²) in [5, 5.41) is 6.21. The van der Waals surface area contributed by atoms with Crippen LogP contribution in [0.2, 0.25) is 0 Å². The van der Waals surface area contributed by atoms with Crippen LogP contribution in [0.3, 0.4) is 0 Å². The van der Waals surface area contributed by atoms with Crippen LogP contribution in [0.25, 0.3) is 0 Å². The summed E-state index contributed by atoms with van der Waals surface area (Å²) >= 11 is 0. The Bertz CT molecular complexity index is 933. The Morgan fingerprint density at radius 2 is 1.94 bits per heavy atom. The number of nitrogens with zero attached hydrogens (tertiary/aromatic N) is 2. The number of anilines is 1. The van der Waals surface area contributed by atoms with Crippen molar-refractivity contribution in [1.29, 1.82) is 0 Å². The second-order valence-corrected chi connectivity index (χ2v) is 9.26. The van der Waals surface area contributed by atoms with E-state index < -0.39 is 5.60 Å². The van der Waals surface area contributed by atoms with Crippen LogP contribution in [0.1, 0.15) is 38.7 Å². The molecule has 2 aliphatic rings. The normalized spacial score (nSPS) is 21.8. The number of carbonyl (C=O) groups excluding carboxylic acids is 2. The minimum Gasteiger partial charge on any atom is -0.478 e. The van der Waals surface area contributed by atoms with E-state index in [1.165, 1.54) is 0 Å². The second-order valence-electron chi connectivity index (χ2n) is 9.26. The third-order valence-electron chi connectivity index (χ3n) is 6.72. The number of ether oxygens (including phenoxy) is 1. The molecule has 0 bridgehead atoms. The molecule has 170 valence electrons. The van der Waals surface area contributed by atoms with Gasteiger partial charge in [-0.3, -0.25) is 9.78 Å². The molecule has 2 fully saturated rings. The quantitative estimate of drug-likeness (QED) is 0.692. The van der Waals surface area contributed by atoms with Gasteiger partial charge in [-0.15, -0.1) is 0 Å². The lowest BCUT2D eigenvalue weighted by molar-refractivity contribution is -0.138. The van der Waals surface area contributed by atoms with E-state index in [9.17, 15) is 9.59 Å². The maximum absolute atomic E-state index is 13.1. The molecule has 1 aromatic heterocycles. The van der Waals surface area contributed by atoms with Crippen LogP contribution in [-0.4, -0.2) is 53.5 Å². The molecular formula is C25H32N4O3. The summed E-state index contributed by atoms with van der Waals surface area (Å²) in [6.45, 7) is 8.76. The number of ketones is 1. The summed E-state index contributed by atoms with van der Waals surface area (Å²) < 4.78 is 6.26. The number of likely N-dealkylation sites (tertiary alicyclic amines) is 1. The van der Waals surface area contributed by atoms with Crippen molar-refractivity contribution in [3.8, 4) is 5.75 Å². The smallest absolute Gasteiger partial charge is 0.321 e. The Kier molecular flexibility index (Phi) is 6.46. The zero-order valence-corrected chi connectivity index (χ0v) is 19.0. The second kappa shape index (κ2) is 9.28. The first-order chi connectivity index (χ1) is 15.4. The number of carbonyl (C=O) groups is 2. The molecule has 4 rings (SSSR count). The lowest BCUT2D eigenvalue weighted by Crippen LogP contribution is -2.50. The number of nitrogens with one attached hydrogen (secondary N) is 2. The maximum atomic E-state index is 13.1. The van der Waals surface area contributed by atoms with Crippen LogP contribution in [0, 0.1) is 11.8 Å². The molecule has 1 unspecified atom stereocenters. The van der Waals surface area contributed by atoms with E-state index in [0.717, 1.165) is 12.1 Å². The van der Waals surface area contributed by atoms with Crippen LogP contribution in [0.4, 0.5) is 10.5 Å². The fraction of sp³-hybridized carbons (Fsp3) is 0.480. The van der Waals surface area contributed by atoms with Gasteiger partial charge in [0.25, 0.3) is 0 Å². The van der Waals surface area contributed by atoms with Crippen LogP contribution < -0.4 is 15.4 Å². The fourth-order valence-electron chi connectivity index (χ4n) is 4.24. The van der Waals surface area contributed by atoms with Crippen molar-refractivity contribution in [3.63, 3.8) is 0 Å². The first-order valence-corrected chi connectivity index (χ1v) is 11.4. The number of aromatic nitrogens is 1. The largest absolute Gasteiger partial charge is 0.478 e. The van der Waals surface area contributed by atoms with Gasteiger partial charge in [0, 0.05) is 56.0 Å². The zero-order valence-electron chi connectivity index (χ0n) is 19.0. The fourth-order valence-corrected chi connectivity index (χ4v) is 4.24. The lowest BCUT2D eigenvalue weighted by atomic mass is 9.83. The minimum absolute atomic E-state index is 0.0690. The zero-order chi connectivity index (χ0) is 22.7. The van der Waals surface area contributed by atoms with E-state index in [4.69, 9.17) is 4.74 Å². The van der Waals surface area contributed by atoms with E-state index >= 15 is 0 Å². The van der Waals surface area contributed by atoms with Gasteiger partial charge in [-0.05, 0) is 48.4 Å². The Morgan fingerprint density at radius 3 is 2.53 bits per heavy atom. The molecule has 0 aliphatic carbocycles. The van der Waals surface area contributed by atoms with E-state index in [-0.39, 0.29) is 23.7 Å². The van der Waals surface area contributed by atoms with Gasteiger partial charge in [0.05, 0.1) is 0 Å². The molecule has 3 heterocycles. The molecule has 0 saturated carbocycles. The van der Waals surface area contributed by atoms with Crippen molar-refractivity contribution in [3.05, 3.63) is 54.4 Å². The van der Waals surface area contributed by atoms with Gasteiger partial charge in [-0.25, -0.2) is 4.79 Å². The van der Waals surface area contributed by atoms with Crippen molar-refractivity contribution in [2.24, 2.45) is 11.8 Å². The molecule has 0 radical (unpaired) electrons. The van der Waals surface area contributed by atoms with E-state index in [2.05, 4.69) is 29.5 Å². The molecular weight excluding hydrogens is 404 g/mol. The van der Waals surface area contributed by atoms with E-state index in [1.807, 2.05) is 49.5 Å². The summed E-state index contributed by atoms with van der Waals surface area (Å²) in [6.07, 6.45) is 4.28. The number of pyridine rings is 1. The summed E-state index contributed by atoms with van der Waals surface area (Å²) in [7, 11) is 0. The molecule has 2 N–H and O–H groups in total. The third-order valence-corrected chi connectivity index (χ3v) is 6.72. The van der Waals surface area contributed by atoms with Gasteiger partial charge in [0.1, 0.15) is 5.75 Å². The highest BCUT2D eigenvalue weighted by Gasteiger charge is 2.46. The van der Waals surface area contributed by atoms with Crippen molar-refractivity contribution >= 4 is 17.5 Å². The SMILES string of the molecule is CC(C)C(C)C(=O)[C@@]1(Oc2ccc(NC(=O)N3CC(c4cccnc4)C3)cc2)CCNC1. The first kappa shape index (κ1) is 22.3. The highest BCUT2D eigenvalue weighted by molar-refractivity contribution is 5.91. The van der Waals surface area contributed by atoms with Crippen molar-refractivity contribution in [1.82, 2.24) is 15.2 Å². The van der Waals surface area contributed by atoms with Gasteiger partial charge in [0.2, 0.25) is 0 Å². The molecule has 7 heteroatoms. The standard InChI is InChI=1S/C25H32N4O3/c1-17(2)18(3)23(30)25(10-12-27-16-25)32-22-8-6-21(7-9-22)28-24(31)29-14-20(15-29)19-5-4-11-26-13-19/h4-9,11,13,17-18,20,27H,10,12,14-16H2,1-3H3,(H,28,31)/t18?,25-/m1/s1. The minimum atomic E-state index is -0.826. The van der Waals surface area contributed by atoms with Crippen LogP contribution in [0.15, 0.2) is 48.8 Å². The third kappa shape index (κ3) is 4.63. The summed E-state index contributed by atoms with van der Waals surface area (Å²) in [6, 6.07) is 11.1. The molecule has 2 amide bonds. The van der Waals surface area contributed by atoms with E-state index in [1.54, 1.807) is 11.1 Å². The Balaban J connectivity index is 1.34. The average Bonchev–Trinajstić information content (AvgIpc) is 3.23. The first-order valence-electron chi connectivity index (χ1n) is 11.4. The predicted molar refractivity (Wildman–Crippen MR) is 124 cm³/mol. The highest BCUT2D eigenvalue weighted by atomic mass is 16.5. The number of rotatable bonds is 7. The number of urea groups is 1. The topological polar surface area (TPSA) is 83.6 Å². The molecule has 32 heavy (non-hydrogen) atoms. The monoisotopic (exact) mass is 436 g/mol. The lowest BCUT2D eigenvalue weighted by Gasteiger charge is -2.39. The molecule has 2 saturated heterocycles. The van der Waals surface area contributed by atoms with Gasteiger partial charge >= 0.3 is 6.03 Å². The van der Waals surface area contributed by atoms with Gasteiger partial charge < -0.3 is 20.3 Å². The highest BCUT2D eigenvalue weighted by Crippen LogP contribution is 2.31. The molecule has 2 atom stereocenters. The van der Waals surface area contributed by atoms with Crippen molar-refractivity contribution in [2.75, 3.05) is 31.5 Å². The molecule has 2 aromatic rings. The van der Waals surface area contributed by atoms with Gasteiger partial charge in [-0.1, -0.05) is 26.8 Å². The molecule has 0 spiro atoms. The average molecular weight is 437 g/mol. The van der Waals surface area contributed by atoms with Crippen molar-refractivity contribution in [2.45, 2.75) is 38.7 Å². The number of benzene rings is 1. The molecule has 2 aliphatic heterocycles. The Labute approximate surface area is 189 Å². The van der Waals surface area contributed by atoms with Gasteiger partial charge in [-0.2, -0.15) is 0 Å². The number of hydrogen-bond donors (Lipinski definition) is 2. The number of hydrogen-bond acceptors (Lipinski definition) is 5. The summed E-state index contributed by atoms with van der Waals surface area (Å²) in [4.78, 5) is 31.6. The van der Waals surface area contributed by atoms with Crippen LogP contribution in [0.5, 0.6) is 5.75 Å². The van der Waals surface area contributed by atoms with E-state index in [0.29, 0.717) is 43.4 Å². The summed E-state index contributed by atoms with van der Waals surface area (Å²) in [5.41, 5.74) is 1.04. The Morgan fingerprint density at radius 1 is 1.19 bits per heavy atom. The van der Waals surface area contributed by atoms with Gasteiger partial charge in [0.15, 0.2) is 11.4 Å². The van der Waals surface area contributed by atoms with Crippen molar-refractivity contribution < 1.29 is 14.3 Å². The Hall–Kier alpha value is -2.93. The molecule has 7 nitrogen and oxygen atoms in total. The number of Topliss-reactive ketones (excluding diaryl/α,β-unsaturated/α-hetero) is 1. The predicted octanol–water partition coefficient (Wildman–Crippen LogP) is 3.69. The van der Waals surface area contributed by atoms with Crippen LogP contribution in [-0.2, 0) is 4.79 Å². The number of amides is 2. The molecule has 1 aromatic carbocycles. The maximum Gasteiger partial charge on any atom is 0.321 e. The van der Waals surface area contributed by atoms with Crippen LogP contribution >= 0.6 is 0 Å².